The number of ether oxygens (including phenoxy) is 1. The van der Waals surface area contributed by atoms with Gasteiger partial charge >= 0.3 is 6.09 Å². The number of para-hydroxylation sites is 1. The van der Waals surface area contributed by atoms with Crippen LogP contribution in [0.15, 0.2) is 59.5 Å². The molecule has 2 amide bonds. The molecule has 0 bridgehead atoms. The molecule has 0 aliphatic carbocycles. The van der Waals surface area contributed by atoms with Crippen molar-refractivity contribution in [2.24, 2.45) is 0 Å². The van der Waals surface area contributed by atoms with Crippen molar-refractivity contribution in [2.45, 2.75) is 30.3 Å². The third-order valence-electron chi connectivity index (χ3n) is 5.88. The van der Waals surface area contributed by atoms with Gasteiger partial charge in [0.1, 0.15) is 6.10 Å². The number of hydrogen-bond acceptors (Lipinski definition) is 6. The number of rotatable bonds is 8. The summed E-state index contributed by atoms with van der Waals surface area (Å²) in [6, 6.07) is 18.1. The van der Waals surface area contributed by atoms with Crippen LogP contribution < -0.4 is 15.5 Å². The van der Waals surface area contributed by atoms with E-state index in [1.165, 1.54) is 11.8 Å². The second-order valence-corrected chi connectivity index (χ2v) is 9.29. The third kappa shape index (κ3) is 5.12. The van der Waals surface area contributed by atoms with E-state index in [4.69, 9.17) is 9.72 Å². The molecule has 2 aliphatic heterocycles. The number of thioether (sulfide) groups is 1. The lowest BCUT2D eigenvalue weighted by molar-refractivity contribution is -0.113. The van der Waals surface area contributed by atoms with Gasteiger partial charge in [-0.15, -0.1) is 11.8 Å². The Morgan fingerprint density at radius 1 is 1.12 bits per heavy atom. The summed E-state index contributed by atoms with van der Waals surface area (Å²) in [5.74, 6) is 0.405. The van der Waals surface area contributed by atoms with Crippen molar-refractivity contribution < 1.29 is 14.3 Å². The average molecular weight is 463 g/mol. The quantitative estimate of drug-likeness (QED) is 0.488. The monoisotopic (exact) mass is 462 g/mol. The molecule has 1 aromatic heterocycles. The lowest BCUT2D eigenvalue weighted by Crippen LogP contribution is -2.26. The number of fused-ring (bicyclic) bond motifs is 2. The van der Waals surface area contributed by atoms with Crippen LogP contribution in [0.5, 0.6) is 0 Å². The fourth-order valence-corrected chi connectivity index (χ4v) is 4.95. The smallest absolute Gasteiger partial charge is 0.414 e. The van der Waals surface area contributed by atoms with Gasteiger partial charge in [0.25, 0.3) is 0 Å². The van der Waals surface area contributed by atoms with E-state index in [0.29, 0.717) is 12.3 Å². The Labute approximate surface area is 196 Å². The molecule has 0 saturated carbocycles. The van der Waals surface area contributed by atoms with E-state index in [9.17, 15) is 9.59 Å². The first-order chi connectivity index (χ1) is 16.2. The summed E-state index contributed by atoms with van der Waals surface area (Å²) in [6.45, 7) is 2.25. The molecule has 1 saturated heterocycles. The van der Waals surface area contributed by atoms with Crippen LogP contribution in [0.2, 0.25) is 0 Å². The highest BCUT2D eigenvalue weighted by molar-refractivity contribution is 8.00. The van der Waals surface area contributed by atoms with Crippen molar-refractivity contribution in [3.8, 4) is 0 Å². The maximum Gasteiger partial charge on any atom is 0.414 e. The summed E-state index contributed by atoms with van der Waals surface area (Å²) in [6.07, 6.45) is 2.16. The molecule has 3 heterocycles. The van der Waals surface area contributed by atoms with Crippen LogP contribution in [0, 0.1) is 0 Å². The number of amides is 2. The van der Waals surface area contributed by atoms with Crippen molar-refractivity contribution in [2.75, 3.05) is 35.6 Å². The minimum absolute atomic E-state index is 0.0181. The van der Waals surface area contributed by atoms with Gasteiger partial charge in [0.05, 0.1) is 23.5 Å². The van der Waals surface area contributed by atoms with Gasteiger partial charge in [-0.05, 0) is 49.7 Å². The molecule has 1 atom stereocenters. The Morgan fingerprint density at radius 2 is 2.03 bits per heavy atom. The summed E-state index contributed by atoms with van der Waals surface area (Å²) in [5.41, 5.74) is 3.63. The molecule has 0 spiro atoms. The highest BCUT2D eigenvalue weighted by Gasteiger charge is 2.32. The summed E-state index contributed by atoms with van der Waals surface area (Å²) in [5, 5.41) is 7.50. The van der Waals surface area contributed by atoms with Gasteiger partial charge in [-0.2, -0.15) is 0 Å². The number of benzene rings is 2. The predicted octanol–water partition coefficient (Wildman–Crippen LogP) is 4.22. The highest BCUT2D eigenvalue weighted by Crippen LogP contribution is 2.35. The van der Waals surface area contributed by atoms with Crippen molar-refractivity contribution in [3.05, 3.63) is 60.3 Å². The number of cyclic esters (lactones) is 1. The van der Waals surface area contributed by atoms with E-state index in [1.54, 1.807) is 4.90 Å². The number of hydrogen-bond donors (Lipinski definition) is 2. The van der Waals surface area contributed by atoms with Crippen LogP contribution in [-0.4, -0.2) is 48.5 Å². The van der Waals surface area contributed by atoms with Crippen molar-refractivity contribution in [1.82, 2.24) is 10.3 Å². The SMILES string of the molecule is O=C1CSc2ccc(N3C[C@@H](CCCNCCc4ccc5ccccc5n4)OC3=O)cc2N1. The molecule has 170 valence electrons. The minimum Gasteiger partial charge on any atom is -0.444 e. The van der Waals surface area contributed by atoms with Gasteiger partial charge in [0, 0.05) is 34.6 Å². The molecule has 2 aliphatic rings. The molecule has 7 nitrogen and oxygen atoms in total. The van der Waals surface area contributed by atoms with Gasteiger partial charge in [0.15, 0.2) is 0 Å². The van der Waals surface area contributed by atoms with Crippen LogP contribution in [0.1, 0.15) is 18.5 Å². The molecule has 2 N–H and O–H groups in total. The minimum atomic E-state index is -0.329. The number of anilines is 2. The van der Waals surface area contributed by atoms with Crippen molar-refractivity contribution >= 4 is 46.0 Å². The molecule has 3 aromatic rings. The van der Waals surface area contributed by atoms with Gasteiger partial charge in [-0.25, -0.2) is 4.79 Å². The molecule has 2 aromatic carbocycles. The number of pyridine rings is 1. The Kier molecular flexibility index (Phi) is 6.46. The van der Waals surface area contributed by atoms with E-state index in [2.05, 4.69) is 28.8 Å². The van der Waals surface area contributed by atoms with Crippen LogP contribution in [0.4, 0.5) is 16.2 Å². The highest BCUT2D eigenvalue weighted by atomic mass is 32.2. The van der Waals surface area contributed by atoms with Crippen LogP contribution in [0.25, 0.3) is 10.9 Å². The van der Waals surface area contributed by atoms with E-state index in [0.717, 1.165) is 65.2 Å². The van der Waals surface area contributed by atoms with Crippen LogP contribution in [-0.2, 0) is 16.0 Å². The summed E-state index contributed by atoms with van der Waals surface area (Å²) in [4.78, 5) is 31.4. The number of nitrogens with one attached hydrogen (secondary N) is 2. The van der Waals surface area contributed by atoms with E-state index in [1.807, 2.05) is 36.4 Å². The first-order valence-electron chi connectivity index (χ1n) is 11.3. The Hall–Kier alpha value is -3.10. The number of carbonyl (C=O) groups is 2. The van der Waals surface area contributed by atoms with E-state index < -0.39 is 0 Å². The van der Waals surface area contributed by atoms with Gasteiger partial charge in [-0.1, -0.05) is 24.3 Å². The van der Waals surface area contributed by atoms with Gasteiger partial charge in [-0.3, -0.25) is 14.7 Å². The molecular weight excluding hydrogens is 436 g/mol. The maximum atomic E-state index is 12.4. The Morgan fingerprint density at radius 3 is 2.97 bits per heavy atom. The Balaban J connectivity index is 1.05. The molecule has 8 heteroatoms. The zero-order valence-corrected chi connectivity index (χ0v) is 19.1. The number of nitrogens with zero attached hydrogens (tertiary/aromatic N) is 2. The maximum absolute atomic E-state index is 12.4. The summed E-state index contributed by atoms with van der Waals surface area (Å²) in [7, 11) is 0. The van der Waals surface area contributed by atoms with Crippen molar-refractivity contribution in [3.63, 3.8) is 0 Å². The largest absolute Gasteiger partial charge is 0.444 e. The lowest BCUT2D eigenvalue weighted by atomic mass is 10.1. The first kappa shape index (κ1) is 21.7. The third-order valence-corrected chi connectivity index (χ3v) is 6.95. The molecule has 0 radical (unpaired) electrons. The number of aromatic nitrogens is 1. The average Bonchev–Trinajstić information content (AvgIpc) is 3.21. The lowest BCUT2D eigenvalue weighted by Gasteiger charge is -2.20. The van der Waals surface area contributed by atoms with E-state index >= 15 is 0 Å². The zero-order chi connectivity index (χ0) is 22.6. The second-order valence-electron chi connectivity index (χ2n) is 8.27. The van der Waals surface area contributed by atoms with Gasteiger partial charge < -0.3 is 15.4 Å². The van der Waals surface area contributed by atoms with Gasteiger partial charge in [0.2, 0.25) is 5.91 Å². The second kappa shape index (κ2) is 9.80. The summed E-state index contributed by atoms with van der Waals surface area (Å²) >= 11 is 1.51. The fraction of sp³-hybridized carbons (Fsp3) is 0.320. The zero-order valence-electron chi connectivity index (χ0n) is 18.3. The molecule has 1 fully saturated rings. The molecule has 0 unspecified atom stereocenters. The molecule has 5 rings (SSSR count). The summed E-state index contributed by atoms with van der Waals surface area (Å²) < 4.78 is 5.57. The molecular formula is C25H26N4O3S. The Bertz CT molecular complexity index is 1190. The normalized spacial score (nSPS) is 17.7. The topological polar surface area (TPSA) is 83.6 Å². The van der Waals surface area contributed by atoms with E-state index in [-0.39, 0.29) is 18.1 Å². The van der Waals surface area contributed by atoms with Crippen molar-refractivity contribution in [1.29, 1.82) is 0 Å². The standard InChI is InChI=1S/C25H26N4O3S/c30-24-16-33-23-10-9-19(14-22(23)28-24)29-15-20(32-25(29)31)5-3-12-26-13-11-18-8-7-17-4-1-2-6-21(17)27-18/h1-2,4,6-10,14,20,26H,3,5,11-13,15-16H2,(H,28,30)/t20-/m1/s1. The van der Waals surface area contributed by atoms with Crippen LogP contribution in [0.3, 0.4) is 0 Å². The number of carbonyl (C=O) groups excluding carboxylic acids is 2. The fourth-order valence-electron chi connectivity index (χ4n) is 4.17. The van der Waals surface area contributed by atoms with Crippen LogP contribution >= 0.6 is 11.8 Å². The first-order valence-corrected chi connectivity index (χ1v) is 12.2. The predicted molar refractivity (Wildman–Crippen MR) is 131 cm³/mol. The molecule has 33 heavy (non-hydrogen) atoms.